The molecule has 0 saturated heterocycles. The zero-order chi connectivity index (χ0) is 15.0. The summed E-state index contributed by atoms with van der Waals surface area (Å²) in [5, 5.41) is 9.43. The minimum Gasteiger partial charge on any atom is -0.480 e. The molecule has 1 N–H and O–H groups in total. The lowest BCUT2D eigenvalue weighted by molar-refractivity contribution is -0.138. The maximum atomic E-state index is 12.8. The monoisotopic (exact) mass is 393 g/mol. The number of carboxylic acid groups (broad SMARTS) is 1. The Labute approximate surface area is 135 Å². The molecule has 1 atom stereocenters. The smallest absolute Gasteiger partial charge is 0.327 e. The number of nitrogens with zero attached hydrogens (tertiary/aromatic N) is 1. The minimum atomic E-state index is -0.981. The van der Waals surface area contributed by atoms with Gasteiger partial charge >= 0.3 is 5.97 Å². The van der Waals surface area contributed by atoms with Crippen LogP contribution in [0, 0.1) is 3.57 Å². The molecule has 0 fully saturated rings. The lowest BCUT2D eigenvalue weighted by atomic mass is 10.1. The van der Waals surface area contributed by atoms with Gasteiger partial charge in [0.15, 0.2) is 0 Å². The maximum absolute atomic E-state index is 12.8. The Balaban J connectivity index is 2.08. The Morgan fingerprint density at radius 3 is 2.48 bits per heavy atom. The Bertz CT molecular complexity index is 729. The van der Waals surface area contributed by atoms with Gasteiger partial charge in [0.2, 0.25) is 0 Å². The molecule has 0 aliphatic carbocycles. The molecule has 2 aromatic carbocycles. The van der Waals surface area contributed by atoms with Crippen LogP contribution in [-0.4, -0.2) is 23.0 Å². The molecule has 2 aromatic rings. The number of anilines is 1. The zero-order valence-corrected chi connectivity index (χ0v) is 13.1. The highest BCUT2D eigenvalue weighted by atomic mass is 127. The summed E-state index contributed by atoms with van der Waals surface area (Å²) in [4.78, 5) is 25.7. The molecule has 106 valence electrons. The van der Waals surface area contributed by atoms with Crippen molar-refractivity contribution in [1.29, 1.82) is 0 Å². The molecule has 4 nitrogen and oxygen atoms in total. The average molecular weight is 393 g/mol. The molecule has 0 aromatic heterocycles. The molecule has 0 radical (unpaired) electrons. The van der Waals surface area contributed by atoms with Crippen molar-refractivity contribution in [2.75, 3.05) is 4.90 Å². The summed E-state index contributed by atoms with van der Waals surface area (Å²) in [7, 11) is 0. The van der Waals surface area contributed by atoms with Gasteiger partial charge in [-0.15, -0.1) is 0 Å². The van der Waals surface area contributed by atoms with E-state index in [1.54, 1.807) is 18.2 Å². The van der Waals surface area contributed by atoms with Crippen LogP contribution in [0.5, 0.6) is 0 Å². The highest BCUT2D eigenvalue weighted by Crippen LogP contribution is 2.34. The number of fused-ring (bicyclic) bond motifs is 1. The third-order valence-corrected chi connectivity index (χ3v) is 4.52. The fraction of sp³-hybridized carbons (Fsp3) is 0.125. The molecule has 1 amide bonds. The second kappa shape index (κ2) is 5.48. The van der Waals surface area contributed by atoms with Gasteiger partial charge in [-0.25, -0.2) is 4.79 Å². The predicted octanol–water partition coefficient (Wildman–Crippen LogP) is 2.95. The summed E-state index contributed by atoms with van der Waals surface area (Å²) in [6.45, 7) is 0. The number of carbonyl (C=O) groups is 2. The zero-order valence-electron chi connectivity index (χ0n) is 11.0. The first-order valence-electron chi connectivity index (χ1n) is 6.48. The van der Waals surface area contributed by atoms with E-state index in [4.69, 9.17) is 0 Å². The van der Waals surface area contributed by atoms with Gasteiger partial charge in [0, 0.05) is 15.7 Å². The van der Waals surface area contributed by atoms with E-state index in [-0.39, 0.29) is 5.91 Å². The summed E-state index contributed by atoms with van der Waals surface area (Å²) in [6.07, 6.45) is 0.348. The van der Waals surface area contributed by atoms with Crippen molar-refractivity contribution in [1.82, 2.24) is 0 Å². The lowest BCUT2D eigenvalue weighted by Gasteiger charge is -2.23. The van der Waals surface area contributed by atoms with Crippen molar-refractivity contribution in [2.45, 2.75) is 12.5 Å². The van der Waals surface area contributed by atoms with Crippen molar-refractivity contribution < 1.29 is 14.7 Å². The summed E-state index contributed by atoms with van der Waals surface area (Å²) >= 11 is 2.09. The number of hydrogen-bond donors (Lipinski definition) is 1. The van der Waals surface area contributed by atoms with Gasteiger partial charge in [0.1, 0.15) is 6.04 Å². The van der Waals surface area contributed by atoms with Gasteiger partial charge in [-0.1, -0.05) is 30.3 Å². The third kappa shape index (κ3) is 2.42. The van der Waals surface area contributed by atoms with Gasteiger partial charge in [0.05, 0.1) is 5.56 Å². The summed E-state index contributed by atoms with van der Waals surface area (Å²) < 4.78 is 0.814. The topological polar surface area (TPSA) is 57.6 Å². The molecule has 21 heavy (non-hydrogen) atoms. The Kier molecular flexibility index (Phi) is 3.67. The fourth-order valence-corrected chi connectivity index (χ4v) is 3.22. The van der Waals surface area contributed by atoms with Gasteiger partial charge in [-0.2, -0.15) is 0 Å². The van der Waals surface area contributed by atoms with E-state index in [1.165, 1.54) is 4.90 Å². The first-order chi connectivity index (χ1) is 10.1. The second-order valence-corrected chi connectivity index (χ2v) is 6.00. The van der Waals surface area contributed by atoms with E-state index in [1.807, 2.05) is 30.3 Å². The molecule has 1 aliphatic heterocycles. The third-order valence-electron chi connectivity index (χ3n) is 3.58. The summed E-state index contributed by atoms with van der Waals surface area (Å²) in [5.74, 6) is -1.25. The number of benzene rings is 2. The molecular formula is C16H12INO3. The minimum absolute atomic E-state index is 0.266. The Hall–Kier alpha value is -1.89. The van der Waals surface area contributed by atoms with Crippen molar-refractivity contribution in [2.24, 2.45) is 0 Å². The van der Waals surface area contributed by atoms with Crippen molar-refractivity contribution in [3.8, 4) is 0 Å². The number of para-hydroxylation sites is 1. The maximum Gasteiger partial charge on any atom is 0.327 e. The number of aliphatic carboxylic acids is 1. The Morgan fingerprint density at radius 2 is 1.76 bits per heavy atom. The Morgan fingerprint density at radius 1 is 1.10 bits per heavy atom. The largest absolute Gasteiger partial charge is 0.480 e. The molecule has 1 heterocycles. The number of rotatable bonds is 2. The van der Waals surface area contributed by atoms with Crippen LogP contribution in [0.15, 0.2) is 48.5 Å². The lowest BCUT2D eigenvalue weighted by Crippen LogP contribution is -2.43. The number of carboxylic acids is 1. The SMILES string of the molecule is O=C(O)C1Cc2ccccc2N1C(=O)c1ccccc1I. The van der Waals surface area contributed by atoms with Crippen LogP contribution in [-0.2, 0) is 11.2 Å². The van der Waals surface area contributed by atoms with E-state index < -0.39 is 12.0 Å². The number of halogens is 1. The van der Waals surface area contributed by atoms with Gasteiger partial charge in [-0.3, -0.25) is 9.69 Å². The number of carbonyl (C=O) groups excluding carboxylic acids is 1. The molecule has 0 bridgehead atoms. The molecule has 5 heteroatoms. The van der Waals surface area contributed by atoms with E-state index >= 15 is 0 Å². The second-order valence-electron chi connectivity index (χ2n) is 4.84. The van der Waals surface area contributed by atoms with E-state index in [0.717, 1.165) is 9.13 Å². The quantitative estimate of drug-likeness (QED) is 0.799. The molecular weight excluding hydrogens is 381 g/mol. The van der Waals surface area contributed by atoms with Crippen LogP contribution in [0.2, 0.25) is 0 Å². The molecule has 1 aliphatic rings. The van der Waals surface area contributed by atoms with Crippen molar-refractivity contribution in [3.63, 3.8) is 0 Å². The number of hydrogen-bond acceptors (Lipinski definition) is 2. The van der Waals surface area contributed by atoms with Crippen LogP contribution in [0.1, 0.15) is 15.9 Å². The number of amides is 1. The van der Waals surface area contributed by atoms with Gasteiger partial charge in [0.25, 0.3) is 5.91 Å². The van der Waals surface area contributed by atoms with Crippen LogP contribution in [0.25, 0.3) is 0 Å². The highest BCUT2D eigenvalue weighted by Gasteiger charge is 2.38. The van der Waals surface area contributed by atoms with E-state index in [0.29, 0.717) is 17.7 Å². The van der Waals surface area contributed by atoms with E-state index in [9.17, 15) is 14.7 Å². The average Bonchev–Trinajstić information content (AvgIpc) is 2.86. The highest BCUT2D eigenvalue weighted by molar-refractivity contribution is 14.1. The molecule has 3 rings (SSSR count). The van der Waals surface area contributed by atoms with Crippen molar-refractivity contribution in [3.05, 3.63) is 63.2 Å². The molecule has 0 saturated carbocycles. The van der Waals surface area contributed by atoms with E-state index in [2.05, 4.69) is 22.6 Å². The van der Waals surface area contributed by atoms with Gasteiger partial charge in [-0.05, 0) is 46.4 Å². The van der Waals surface area contributed by atoms with Crippen LogP contribution in [0.3, 0.4) is 0 Å². The molecule has 0 spiro atoms. The van der Waals surface area contributed by atoms with Crippen molar-refractivity contribution >= 4 is 40.2 Å². The van der Waals surface area contributed by atoms with Crippen LogP contribution in [0.4, 0.5) is 5.69 Å². The van der Waals surface area contributed by atoms with Gasteiger partial charge < -0.3 is 5.11 Å². The summed E-state index contributed by atoms with van der Waals surface area (Å²) in [6, 6.07) is 13.7. The predicted molar refractivity (Wildman–Crippen MR) is 87.5 cm³/mol. The van der Waals surface area contributed by atoms with Crippen LogP contribution < -0.4 is 4.90 Å². The summed E-state index contributed by atoms with van der Waals surface area (Å²) in [5.41, 5.74) is 2.11. The van der Waals surface area contributed by atoms with Crippen LogP contribution >= 0.6 is 22.6 Å². The first-order valence-corrected chi connectivity index (χ1v) is 7.56. The first kappa shape index (κ1) is 14.1. The molecule has 1 unspecified atom stereocenters. The standard InChI is InChI=1S/C16H12INO3/c17-12-7-3-2-6-11(12)15(19)18-13-8-4-1-5-10(13)9-14(18)16(20)21/h1-8,14H,9H2,(H,20,21). The normalized spacial score (nSPS) is 16.6. The fourth-order valence-electron chi connectivity index (χ4n) is 2.60.